The Hall–Kier alpha value is -2.34. The van der Waals surface area contributed by atoms with Gasteiger partial charge >= 0.3 is 6.09 Å². The van der Waals surface area contributed by atoms with Gasteiger partial charge in [0.15, 0.2) is 0 Å². The van der Waals surface area contributed by atoms with E-state index in [9.17, 15) is 9.59 Å². The molecule has 6 heteroatoms. The van der Waals surface area contributed by atoms with Gasteiger partial charge in [-0.1, -0.05) is 12.1 Å². The molecule has 2 heterocycles. The predicted molar refractivity (Wildman–Crippen MR) is 98.8 cm³/mol. The molecule has 0 saturated carbocycles. The lowest BCUT2D eigenvalue weighted by molar-refractivity contribution is 0.0914. The Bertz CT molecular complexity index is 705. The standard InChI is InChI=1S/C19H22N2O3S/c1-24-19(23)21-9-6-14(7-10-21)12-20-18(22)16-4-2-15(3-5-16)17-8-11-25-13-17/h2-5,8,11,13-14H,6-7,9-10,12H2,1H3,(H,20,22). The van der Waals surface area contributed by atoms with Gasteiger partial charge in [0.05, 0.1) is 7.11 Å². The molecule has 1 aromatic carbocycles. The van der Waals surface area contributed by atoms with Crippen LogP contribution in [0.25, 0.3) is 11.1 Å². The summed E-state index contributed by atoms with van der Waals surface area (Å²) in [6.07, 6.45) is 1.49. The first-order valence-corrected chi connectivity index (χ1v) is 9.35. The van der Waals surface area contributed by atoms with Crippen LogP contribution in [0.3, 0.4) is 0 Å². The third-order valence-electron chi connectivity index (χ3n) is 4.60. The molecule has 0 radical (unpaired) electrons. The average molecular weight is 358 g/mol. The molecule has 1 aromatic heterocycles. The summed E-state index contributed by atoms with van der Waals surface area (Å²) >= 11 is 1.66. The largest absolute Gasteiger partial charge is 0.453 e. The fourth-order valence-electron chi connectivity index (χ4n) is 3.03. The van der Waals surface area contributed by atoms with E-state index in [1.165, 1.54) is 12.7 Å². The number of amides is 2. The summed E-state index contributed by atoms with van der Waals surface area (Å²) in [5.74, 6) is 0.349. The summed E-state index contributed by atoms with van der Waals surface area (Å²) in [6.45, 7) is 2.01. The number of nitrogens with zero attached hydrogens (tertiary/aromatic N) is 1. The minimum atomic E-state index is -0.270. The monoisotopic (exact) mass is 358 g/mol. The number of hydrogen-bond donors (Lipinski definition) is 1. The number of methoxy groups -OCH3 is 1. The first-order chi connectivity index (χ1) is 12.2. The maximum Gasteiger partial charge on any atom is 0.409 e. The molecule has 1 saturated heterocycles. The minimum Gasteiger partial charge on any atom is -0.453 e. The molecule has 0 aliphatic carbocycles. The number of carbonyl (C=O) groups excluding carboxylic acids is 2. The number of benzene rings is 1. The van der Waals surface area contributed by atoms with Crippen LogP contribution in [0.15, 0.2) is 41.1 Å². The summed E-state index contributed by atoms with van der Waals surface area (Å²) in [7, 11) is 1.40. The zero-order valence-corrected chi connectivity index (χ0v) is 15.1. The third-order valence-corrected chi connectivity index (χ3v) is 5.28. The van der Waals surface area contributed by atoms with Crippen LogP contribution in [0.2, 0.25) is 0 Å². The molecule has 2 amide bonds. The maximum absolute atomic E-state index is 12.3. The van der Waals surface area contributed by atoms with E-state index in [0.717, 1.165) is 18.4 Å². The van der Waals surface area contributed by atoms with Crippen molar-refractivity contribution in [3.63, 3.8) is 0 Å². The average Bonchev–Trinajstić information content (AvgIpc) is 3.21. The molecule has 1 fully saturated rings. The zero-order chi connectivity index (χ0) is 17.6. The van der Waals surface area contributed by atoms with Crippen LogP contribution in [0.4, 0.5) is 4.79 Å². The van der Waals surface area contributed by atoms with Crippen molar-refractivity contribution in [2.24, 2.45) is 5.92 Å². The summed E-state index contributed by atoms with van der Waals surface area (Å²) in [6, 6.07) is 9.75. The fraction of sp³-hybridized carbons (Fsp3) is 0.368. The molecule has 0 bridgehead atoms. The van der Waals surface area contributed by atoms with E-state index in [2.05, 4.69) is 16.8 Å². The molecular weight excluding hydrogens is 336 g/mol. The number of thiophene rings is 1. The van der Waals surface area contributed by atoms with E-state index in [4.69, 9.17) is 4.74 Å². The van der Waals surface area contributed by atoms with Gasteiger partial charge in [-0.25, -0.2) is 4.79 Å². The van der Waals surface area contributed by atoms with Crippen molar-refractivity contribution in [1.82, 2.24) is 10.2 Å². The molecule has 0 atom stereocenters. The molecule has 1 aliphatic rings. The lowest BCUT2D eigenvalue weighted by Crippen LogP contribution is -2.41. The summed E-state index contributed by atoms with van der Waals surface area (Å²) in [5.41, 5.74) is 2.97. The Morgan fingerprint density at radius 1 is 1.16 bits per heavy atom. The molecule has 1 aliphatic heterocycles. The number of ether oxygens (including phenoxy) is 1. The summed E-state index contributed by atoms with van der Waals surface area (Å²) in [4.78, 5) is 25.5. The maximum atomic E-state index is 12.3. The van der Waals surface area contributed by atoms with E-state index in [-0.39, 0.29) is 12.0 Å². The quantitative estimate of drug-likeness (QED) is 0.908. The highest BCUT2D eigenvalue weighted by Gasteiger charge is 2.23. The molecule has 0 spiro atoms. The SMILES string of the molecule is COC(=O)N1CCC(CNC(=O)c2ccc(-c3ccsc3)cc2)CC1. The van der Waals surface area contributed by atoms with Crippen LogP contribution in [-0.2, 0) is 4.74 Å². The topological polar surface area (TPSA) is 58.6 Å². The van der Waals surface area contributed by atoms with E-state index < -0.39 is 0 Å². The number of rotatable bonds is 4. The lowest BCUT2D eigenvalue weighted by Gasteiger charge is -2.30. The van der Waals surface area contributed by atoms with Crippen LogP contribution < -0.4 is 5.32 Å². The molecule has 132 valence electrons. The molecule has 1 N–H and O–H groups in total. The number of piperidine rings is 1. The Morgan fingerprint density at radius 3 is 2.48 bits per heavy atom. The second-order valence-electron chi connectivity index (χ2n) is 6.20. The van der Waals surface area contributed by atoms with Gasteiger partial charge in [-0.2, -0.15) is 11.3 Å². The smallest absolute Gasteiger partial charge is 0.409 e. The van der Waals surface area contributed by atoms with Crippen LogP contribution in [0.5, 0.6) is 0 Å². The van der Waals surface area contributed by atoms with Crippen LogP contribution >= 0.6 is 11.3 Å². The minimum absolute atomic E-state index is 0.0488. The zero-order valence-electron chi connectivity index (χ0n) is 14.2. The van der Waals surface area contributed by atoms with Gasteiger partial charge < -0.3 is 15.0 Å². The van der Waals surface area contributed by atoms with E-state index >= 15 is 0 Å². The molecular formula is C19H22N2O3S. The van der Waals surface area contributed by atoms with E-state index in [0.29, 0.717) is 31.1 Å². The summed E-state index contributed by atoms with van der Waals surface area (Å²) < 4.78 is 4.74. The second-order valence-corrected chi connectivity index (χ2v) is 6.98. The van der Waals surface area contributed by atoms with E-state index in [1.807, 2.05) is 29.6 Å². The van der Waals surface area contributed by atoms with Gasteiger partial charge in [0, 0.05) is 25.2 Å². The number of hydrogen-bond acceptors (Lipinski definition) is 4. The van der Waals surface area contributed by atoms with E-state index in [1.54, 1.807) is 16.2 Å². The van der Waals surface area contributed by atoms with Gasteiger partial charge in [-0.05, 0) is 58.8 Å². The first-order valence-electron chi connectivity index (χ1n) is 8.41. The first kappa shape index (κ1) is 17.5. The van der Waals surface area contributed by atoms with Crippen molar-refractivity contribution in [3.8, 4) is 11.1 Å². The van der Waals surface area contributed by atoms with Crippen LogP contribution in [-0.4, -0.2) is 43.6 Å². The van der Waals surface area contributed by atoms with Crippen molar-refractivity contribution in [2.45, 2.75) is 12.8 Å². The highest BCUT2D eigenvalue weighted by molar-refractivity contribution is 7.08. The molecule has 3 rings (SSSR count). The van der Waals surface area contributed by atoms with Crippen molar-refractivity contribution in [3.05, 3.63) is 46.7 Å². The van der Waals surface area contributed by atoms with Crippen LogP contribution in [0, 0.1) is 5.92 Å². The Morgan fingerprint density at radius 2 is 1.88 bits per heavy atom. The summed E-state index contributed by atoms with van der Waals surface area (Å²) in [5, 5.41) is 7.15. The Labute approximate surface area is 151 Å². The highest BCUT2D eigenvalue weighted by Crippen LogP contribution is 2.22. The third kappa shape index (κ3) is 4.39. The number of nitrogens with one attached hydrogen (secondary N) is 1. The fourth-order valence-corrected chi connectivity index (χ4v) is 3.70. The van der Waals surface area contributed by atoms with Crippen LogP contribution in [0.1, 0.15) is 23.2 Å². The Balaban J connectivity index is 1.47. The lowest BCUT2D eigenvalue weighted by atomic mass is 9.97. The highest BCUT2D eigenvalue weighted by atomic mass is 32.1. The second kappa shape index (κ2) is 8.16. The molecule has 5 nitrogen and oxygen atoms in total. The van der Waals surface area contributed by atoms with Crippen molar-refractivity contribution in [1.29, 1.82) is 0 Å². The Kier molecular flexibility index (Phi) is 5.71. The van der Waals surface area contributed by atoms with Gasteiger partial charge in [0.1, 0.15) is 0 Å². The normalized spacial score (nSPS) is 15.0. The molecule has 0 unspecified atom stereocenters. The number of carbonyl (C=O) groups is 2. The van der Waals surface area contributed by atoms with Gasteiger partial charge in [0.2, 0.25) is 0 Å². The number of likely N-dealkylation sites (tertiary alicyclic amines) is 1. The van der Waals surface area contributed by atoms with Crippen molar-refractivity contribution in [2.75, 3.05) is 26.7 Å². The molecule has 25 heavy (non-hydrogen) atoms. The van der Waals surface area contributed by atoms with Crippen molar-refractivity contribution >= 4 is 23.3 Å². The van der Waals surface area contributed by atoms with Gasteiger partial charge in [-0.15, -0.1) is 0 Å². The predicted octanol–water partition coefficient (Wildman–Crippen LogP) is 3.62. The van der Waals surface area contributed by atoms with Gasteiger partial charge in [-0.3, -0.25) is 4.79 Å². The van der Waals surface area contributed by atoms with Gasteiger partial charge in [0.25, 0.3) is 5.91 Å². The van der Waals surface area contributed by atoms with Crippen molar-refractivity contribution < 1.29 is 14.3 Å². The molecule has 2 aromatic rings.